The molecular weight excluding hydrogens is 365 g/mol. The number of aromatic nitrogens is 2. The number of hydrogen-bond donors (Lipinski definition) is 0. The SMILES string of the molecule is Cc1ccccc1-c1ccc(-c2nc(-c3cc[c]cc3)no2)cc1C(F)(F)F. The fraction of sp³-hybridized carbons (Fsp3) is 0.0909. The molecule has 1 radical (unpaired) electrons. The van der Waals surface area contributed by atoms with Gasteiger partial charge in [0, 0.05) is 11.1 Å². The lowest BCUT2D eigenvalue weighted by molar-refractivity contribution is -0.137. The number of nitrogens with zero attached hydrogens (tertiary/aromatic N) is 2. The Labute approximate surface area is 159 Å². The van der Waals surface area contributed by atoms with Crippen LogP contribution in [0.1, 0.15) is 11.1 Å². The smallest absolute Gasteiger partial charge is 0.334 e. The summed E-state index contributed by atoms with van der Waals surface area (Å²) in [6, 6.07) is 20.8. The van der Waals surface area contributed by atoms with Crippen molar-refractivity contribution in [3.63, 3.8) is 0 Å². The minimum atomic E-state index is -4.52. The van der Waals surface area contributed by atoms with Crippen LogP contribution in [-0.4, -0.2) is 10.1 Å². The summed E-state index contributed by atoms with van der Waals surface area (Å²) in [4.78, 5) is 4.23. The molecule has 3 aromatic carbocycles. The van der Waals surface area contributed by atoms with Crippen LogP contribution in [-0.2, 0) is 6.18 Å². The number of alkyl halides is 3. The summed E-state index contributed by atoms with van der Waals surface area (Å²) in [7, 11) is 0. The molecule has 0 atom stereocenters. The largest absolute Gasteiger partial charge is 0.417 e. The molecule has 0 bridgehead atoms. The van der Waals surface area contributed by atoms with Crippen LogP contribution < -0.4 is 0 Å². The Hall–Kier alpha value is -3.41. The molecular formula is C22H14F3N2O. The van der Waals surface area contributed by atoms with Crippen LogP contribution in [0.25, 0.3) is 34.0 Å². The zero-order valence-corrected chi connectivity index (χ0v) is 14.8. The molecule has 0 saturated carbocycles. The van der Waals surface area contributed by atoms with Gasteiger partial charge in [-0.3, -0.25) is 0 Å². The van der Waals surface area contributed by atoms with Crippen LogP contribution in [0, 0.1) is 13.0 Å². The van der Waals surface area contributed by atoms with Gasteiger partial charge in [0.1, 0.15) is 0 Å². The Balaban J connectivity index is 1.80. The minimum absolute atomic E-state index is 0.0321. The normalized spacial score (nSPS) is 11.6. The van der Waals surface area contributed by atoms with E-state index in [1.54, 1.807) is 61.5 Å². The highest BCUT2D eigenvalue weighted by Crippen LogP contribution is 2.40. The lowest BCUT2D eigenvalue weighted by atomic mass is 9.94. The molecule has 0 aliphatic carbocycles. The molecule has 0 saturated heterocycles. The van der Waals surface area contributed by atoms with Gasteiger partial charge < -0.3 is 4.52 Å². The Bertz CT molecular complexity index is 1120. The average molecular weight is 379 g/mol. The number of benzene rings is 3. The van der Waals surface area contributed by atoms with Crippen molar-refractivity contribution < 1.29 is 17.7 Å². The Morgan fingerprint density at radius 3 is 2.36 bits per heavy atom. The van der Waals surface area contributed by atoms with Gasteiger partial charge in [-0.05, 0) is 41.8 Å². The molecule has 1 aromatic heterocycles. The van der Waals surface area contributed by atoms with Crippen molar-refractivity contribution >= 4 is 0 Å². The van der Waals surface area contributed by atoms with E-state index in [-0.39, 0.29) is 17.0 Å². The fourth-order valence-electron chi connectivity index (χ4n) is 3.02. The van der Waals surface area contributed by atoms with Gasteiger partial charge in [-0.1, -0.05) is 59.8 Å². The van der Waals surface area contributed by atoms with E-state index in [1.807, 2.05) is 0 Å². The van der Waals surface area contributed by atoms with Gasteiger partial charge in [-0.15, -0.1) is 0 Å². The highest BCUT2D eigenvalue weighted by Gasteiger charge is 2.34. The average Bonchev–Trinajstić information content (AvgIpc) is 3.18. The van der Waals surface area contributed by atoms with E-state index in [0.717, 1.165) is 11.6 Å². The number of hydrogen-bond acceptors (Lipinski definition) is 3. The molecule has 28 heavy (non-hydrogen) atoms. The molecule has 0 fully saturated rings. The standard InChI is InChI=1S/C22H14F3N2O/c1-14-7-5-6-10-17(14)18-12-11-16(13-19(18)22(23,24)25)21-26-20(27-28-21)15-8-3-2-4-9-15/h3-13H,1H3. The zero-order valence-electron chi connectivity index (χ0n) is 14.8. The molecule has 3 nitrogen and oxygen atoms in total. The summed E-state index contributed by atoms with van der Waals surface area (Å²) in [6.45, 7) is 1.78. The molecule has 139 valence electrons. The topological polar surface area (TPSA) is 38.9 Å². The predicted molar refractivity (Wildman–Crippen MR) is 99.2 cm³/mol. The van der Waals surface area contributed by atoms with Crippen molar-refractivity contribution in [2.75, 3.05) is 0 Å². The molecule has 4 aromatic rings. The van der Waals surface area contributed by atoms with Crippen molar-refractivity contribution in [1.29, 1.82) is 0 Å². The lowest BCUT2D eigenvalue weighted by Crippen LogP contribution is -2.08. The molecule has 6 heteroatoms. The van der Waals surface area contributed by atoms with Gasteiger partial charge in [-0.2, -0.15) is 18.2 Å². The maximum Gasteiger partial charge on any atom is 0.417 e. The molecule has 0 unspecified atom stereocenters. The highest BCUT2D eigenvalue weighted by molar-refractivity contribution is 5.74. The third-order valence-electron chi connectivity index (χ3n) is 4.41. The van der Waals surface area contributed by atoms with Crippen molar-refractivity contribution in [1.82, 2.24) is 10.1 Å². The molecule has 0 spiro atoms. The van der Waals surface area contributed by atoms with Crippen LogP contribution >= 0.6 is 0 Å². The van der Waals surface area contributed by atoms with Crippen LogP contribution in [0.15, 0.2) is 71.3 Å². The first-order chi connectivity index (χ1) is 13.4. The minimum Gasteiger partial charge on any atom is -0.334 e. The third kappa shape index (κ3) is 3.41. The first-order valence-corrected chi connectivity index (χ1v) is 8.51. The first kappa shape index (κ1) is 18.0. The van der Waals surface area contributed by atoms with Gasteiger partial charge in [0.05, 0.1) is 5.56 Å². The van der Waals surface area contributed by atoms with Crippen molar-refractivity contribution in [3.05, 3.63) is 83.9 Å². The highest BCUT2D eigenvalue weighted by atomic mass is 19.4. The summed E-state index contributed by atoms with van der Waals surface area (Å²) in [6.07, 6.45) is -4.52. The van der Waals surface area contributed by atoms with E-state index in [4.69, 9.17) is 4.52 Å². The summed E-state index contributed by atoms with van der Waals surface area (Å²) >= 11 is 0. The molecule has 1 heterocycles. The lowest BCUT2D eigenvalue weighted by Gasteiger charge is -2.15. The van der Waals surface area contributed by atoms with E-state index in [0.29, 0.717) is 17.0 Å². The Kier molecular flexibility index (Phi) is 4.47. The van der Waals surface area contributed by atoms with Crippen LogP contribution in [0.2, 0.25) is 0 Å². The second kappa shape index (κ2) is 6.96. The molecule has 0 amide bonds. The van der Waals surface area contributed by atoms with E-state index in [2.05, 4.69) is 16.2 Å². The molecule has 0 N–H and O–H groups in total. The monoisotopic (exact) mass is 379 g/mol. The van der Waals surface area contributed by atoms with Crippen molar-refractivity contribution in [3.8, 4) is 34.0 Å². The van der Waals surface area contributed by atoms with E-state index >= 15 is 0 Å². The van der Waals surface area contributed by atoms with Crippen LogP contribution in [0.3, 0.4) is 0 Å². The quantitative estimate of drug-likeness (QED) is 0.425. The third-order valence-corrected chi connectivity index (χ3v) is 4.41. The second-order valence-corrected chi connectivity index (χ2v) is 6.28. The molecule has 0 aliphatic rings. The summed E-state index contributed by atoms with van der Waals surface area (Å²) in [5.74, 6) is 0.338. The first-order valence-electron chi connectivity index (χ1n) is 8.51. The van der Waals surface area contributed by atoms with E-state index in [9.17, 15) is 13.2 Å². The Morgan fingerprint density at radius 1 is 0.893 bits per heavy atom. The maximum atomic E-state index is 13.8. The summed E-state index contributed by atoms with van der Waals surface area (Å²) in [5.41, 5.74) is 1.59. The van der Waals surface area contributed by atoms with Gasteiger partial charge in [-0.25, -0.2) is 0 Å². The van der Waals surface area contributed by atoms with Gasteiger partial charge in [0.2, 0.25) is 5.82 Å². The van der Waals surface area contributed by atoms with E-state index in [1.165, 1.54) is 6.07 Å². The summed E-state index contributed by atoms with van der Waals surface area (Å²) < 4.78 is 46.5. The second-order valence-electron chi connectivity index (χ2n) is 6.28. The molecule has 0 aliphatic heterocycles. The van der Waals surface area contributed by atoms with Gasteiger partial charge in [0.25, 0.3) is 5.89 Å². The zero-order chi connectivity index (χ0) is 19.7. The number of halogens is 3. The fourth-order valence-corrected chi connectivity index (χ4v) is 3.02. The van der Waals surface area contributed by atoms with E-state index < -0.39 is 11.7 Å². The summed E-state index contributed by atoms with van der Waals surface area (Å²) in [5, 5.41) is 3.87. The number of aryl methyl sites for hydroxylation is 1. The van der Waals surface area contributed by atoms with Gasteiger partial charge >= 0.3 is 6.18 Å². The van der Waals surface area contributed by atoms with Crippen LogP contribution in [0.4, 0.5) is 13.2 Å². The van der Waals surface area contributed by atoms with Gasteiger partial charge in [0.15, 0.2) is 0 Å². The van der Waals surface area contributed by atoms with Crippen molar-refractivity contribution in [2.45, 2.75) is 13.1 Å². The predicted octanol–water partition coefficient (Wildman–Crippen LogP) is 6.20. The maximum absolute atomic E-state index is 13.8. The van der Waals surface area contributed by atoms with Crippen LogP contribution in [0.5, 0.6) is 0 Å². The Morgan fingerprint density at radius 2 is 1.64 bits per heavy atom. The van der Waals surface area contributed by atoms with Crippen molar-refractivity contribution in [2.24, 2.45) is 0 Å². The molecule has 4 rings (SSSR count). The number of rotatable bonds is 3.